The van der Waals surface area contributed by atoms with Gasteiger partial charge in [-0.2, -0.15) is 5.10 Å². The van der Waals surface area contributed by atoms with Crippen molar-refractivity contribution in [2.24, 2.45) is 5.10 Å². The Balaban J connectivity index is 1.66. The second kappa shape index (κ2) is 9.19. The number of hydrogen-bond donors (Lipinski definition) is 1. The largest absolute Gasteiger partial charge is 0.493 e. The summed E-state index contributed by atoms with van der Waals surface area (Å²) in [6.45, 7) is 4.79. The SMILES string of the molecule is CCCOc1cc(/C=N\Nc2nc(-c3ccc(C)cc3)cs2)ccc1OC. The molecule has 3 aromatic rings. The van der Waals surface area contributed by atoms with Gasteiger partial charge in [0.05, 0.1) is 25.6 Å². The van der Waals surface area contributed by atoms with E-state index in [0.717, 1.165) is 39.9 Å². The standard InChI is InChI=1S/C21H23N3O2S/c1-4-11-26-20-12-16(7-10-19(20)25-3)13-22-24-21-23-18(14-27-21)17-8-5-15(2)6-9-17/h5-10,12-14H,4,11H2,1-3H3,(H,23,24)/b22-13-. The van der Waals surface area contributed by atoms with Crippen LogP contribution in [0.25, 0.3) is 11.3 Å². The normalized spacial score (nSPS) is 10.9. The van der Waals surface area contributed by atoms with Crippen molar-refractivity contribution < 1.29 is 9.47 Å². The molecule has 0 aliphatic heterocycles. The van der Waals surface area contributed by atoms with Crippen molar-refractivity contribution in [3.05, 3.63) is 59.0 Å². The number of hydrazone groups is 1. The van der Waals surface area contributed by atoms with E-state index < -0.39 is 0 Å². The average molecular weight is 382 g/mol. The predicted octanol–water partition coefficient (Wildman–Crippen LogP) is 5.36. The van der Waals surface area contributed by atoms with E-state index in [4.69, 9.17) is 9.47 Å². The van der Waals surface area contributed by atoms with Gasteiger partial charge in [0.2, 0.25) is 5.13 Å². The summed E-state index contributed by atoms with van der Waals surface area (Å²) < 4.78 is 11.1. The fraction of sp³-hybridized carbons (Fsp3) is 0.238. The summed E-state index contributed by atoms with van der Waals surface area (Å²) in [5, 5.41) is 7.05. The third-order valence-electron chi connectivity index (χ3n) is 3.87. The lowest BCUT2D eigenvalue weighted by molar-refractivity contribution is 0.294. The highest BCUT2D eigenvalue weighted by Gasteiger charge is 2.05. The number of nitrogens with zero attached hydrogens (tertiary/aromatic N) is 2. The molecule has 140 valence electrons. The fourth-order valence-electron chi connectivity index (χ4n) is 2.44. The number of anilines is 1. The Morgan fingerprint density at radius 1 is 1.15 bits per heavy atom. The zero-order chi connectivity index (χ0) is 19.1. The molecule has 1 N–H and O–H groups in total. The van der Waals surface area contributed by atoms with Gasteiger partial charge in [-0.25, -0.2) is 4.98 Å². The minimum atomic E-state index is 0.649. The maximum atomic E-state index is 5.73. The molecule has 1 heterocycles. The molecule has 0 amide bonds. The first-order valence-corrected chi connectivity index (χ1v) is 9.70. The van der Waals surface area contributed by atoms with Crippen molar-refractivity contribution in [3.63, 3.8) is 0 Å². The summed E-state index contributed by atoms with van der Waals surface area (Å²) in [6, 6.07) is 14.1. The minimum absolute atomic E-state index is 0.649. The highest BCUT2D eigenvalue weighted by Crippen LogP contribution is 2.28. The van der Waals surface area contributed by atoms with Gasteiger partial charge in [-0.15, -0.1) is 11.3 Å². The molecule has 0 atom stereocenters. The zero-order valence-corrected chi connectivity index (χ0v) is 16.5. The van der Waals surface area contributed by atoms with Crippen LogP contribution in [-0.2, 0) is 0 Å². The molecule has 0 radical (unpaired) electrons. The van der Waals surface area contributed by atoms with Crippen LogP contribution in [0.5, 0.6) is 11.5 Å². The highest BCUT2D eigenvalue weighted by atomic mass is 32.1. The third-order valence-corrected chi connectivity index (χ3v) is 4.62. The maximum absolute atomic E-state index is 5.73. The van der Waals surface area contributed by atoms with Gasteiger partial charge in [0.15, 0.2) is 11.5 Å². The summed E-state index contributed by atoms with van der Waals surface area (Å²) in [6.07, 6.45) is 2.68. The quantitative estimate of drug-likeness (QED) is 0.421. The van der Waals surface area contributed by atoms with Crippen molar-refractivity contribution >= 4 is 22.7 Å². The van der Waals surface area contributed by atoms with Crippen molar-refractivity contribution in [1.29, 1.82) is 0 Å². The molecule has 1 aromatic heterocycles. The summed E-state index contributed by atoms with van der Waals surface area (Å²) in [4.78, 5) is 4.58. The number of thiazole rings is 1. The number of aryl methyl sites for hydroxylation is 1. The third kappa shape index (κ3) is 5.08. The van der Waals surface area contributed by atoms with Gasteiger partial charge in [-0.05, 0) is 37.1 Å². The van der Waals surface area contributed by atoms with Crippen LogP contribution < -0.4 is 14.9 Å². The van der Waals surface area contributed by atoms with Gasteiger partial charge < -0.3 is 9.47 Å². The number of hydrogen-bond acceptors (Lipinski definition) is 6. The molecule has 0 aliphatic rings. The predicted molar refractivity (Wildman–Crippen MR) is 112 cm³/mol. The van der Waals surface area contributed by atoms with E-state index in [1.54, 1.807) is 13.3 Å². The van der Waals surface area contributed by atoms with Gasteiger partial charge in [0, 0.05) is 10.9 Å². The van der Waals surface area contributed by atoms with Crippen LogP contribution in [0.1, 0.15) is 24.5 Å². The lowest BCUT2D eigenvalue weighted by Crippen LogP contribution is -1.99. The molecule has 0 spiro atoms. The van der Waals surface area contributed by atoms with E-state index in [1.807, 2.05) is 23.6 Å². The first-order chi connectivity index (χ1) is 13.2. The summed E-state index contributed by atoms with van der Waals surface area (Å²) in [5.41, 5.74) is 7.19. The van der Waals surface area contributed by atoms with Crippen LogP contribution >= 0.6 is 11.3 Å². The first-order valence-electron chi connectivity index (χ1n) is 8.82. The Morgan fingerprint density at radius 3 is 2.70 bits per heavy atom. The van der Waals surface area contributed by atoms with Crippen LogP contribution in [0.3, 0.4) is 0 Å². The van der Waals surface area contributed by atoms with Gasteiger partial charge in [-0.1, -0.05) is 36.8 Å². The van der Waals surface area contributed by atoms with Gasteiger partial charge in [-0.3, -0.25) is 5.43 Å². The van der Waals surface area contributed by atoms with E-state index in [-0.39, 0.29) is 0 Å². The minimum Gasteiger partial charge on any atom is -0.493 e. The molecule has 3 rings (SSSR count). The van der Waals surface area contributed by atoms with Crippen molar-refractivity contribution in [2.75, 3.05) is 19.1 Å². The van der Waals surface area contributed by atoms with Gasteiger partial charge in [0.25, 0.3) is 0 Å². The molecule has 2 aromatic carbocycles. The number of methoxy groups -OCH3 is 1. The molecule has 0 unspecified atom stereocenters. The number of rotatable bonds is 8. The van der Waals surface area contributed by atoms with Crippen LogP contribution in [-0.4, -0.2) is 24.9 Å². The molecular formula is C21H23N3O2S. The molecule has 0 saturated carbocycles. The Labute approximate surface area is 163 Å². The molecule has 6 heteroatoms. The Morgan fingerprint density at radius 2 is 1.96 bits per heavy atom. The number of aromatic nitrogens is 1. The zero-order valence-electron chi connectivity index (χ0n) is 15.7. The topological polar surface area (TPSA) is 55.7 Å². The molecule has 0 saturated heterocycles. The molecular weight excluding hydrogens is 358 g/mol. The Kier molecular flexibility index (Phi) is 6.44. The van der Waals surface area contributed by atoms with E-state index >= 15 is 0 Å². The number of benzene rings is 2. The lowest BCUT2D eigenvalue weighted by Gasteiger charge is -2.10. The van der Waals surface area contributed by atoms with E-state index in [0.29, 0.717) is 6.61 Å². The first kappa shape index (κ1) is 18.9. The second-order valence-corrected chi connectivity index (χ2v) is 6.89. The lowest BCUT2D eigenvalue weighted by atomic mass is 10.1. The van der Waals surface area contributed by atoms with Crippen molar-refractivity contribution in [2.45, 2.75) is 20.3 Å². The molecule has 0 aliphatic carbocycles. The van der Waals surface area contributed by atoms with Crippen molar-refractivity contribution in [1.82, 2.24) is 4.98 Å². The van der Waals surface area contributed by atoms with E-state index in [2.05, 4.69) is 53.6 Å². The average Bonchev–Trinajstić information content (AvgIpc) is 3.16. The number of nitrogens with one attached hydrogen (secondary N) is 1. The summed E-state index contributed by atoms with van der Waals surface area (Å²) in [5.74, 6) is 1.44. The Bertz CT molecular complexity index is 904. The fourth-order valence-corrected chi connectivity index (χ4v) is 3.11. The summed E-state index contributed by atoms with van der Waals surface area (Å²) >= 11 is 1.52. The van der Waals surface area contributed by atoms with Crippen LogP contribution in [0, 0.1) is 6.92 Å². The smallest absolute Gasteiger partial charge is 0.203 e. The van der Waals surface area contributed by atoms with Crippen molar-refractivity contribution in [3.8, 4) is 22.8 Å². The number of ether oxygens (including phenoxy) is 2. The summed E-state index contributed by atoms with van der Waals surface area (Å²) in [7, 11) is 1.64. The van der Waals surface area contributed by atoms with Gasteiger partial charge >= 0.3 is 0 Å². The van der Waals surface area contributed by atoms with Gasteiger partial charge in [0.1, 0.15) is 0 Å². The molecule has 5 nitrogen and oxygen atoms in total. The second-order valence-electron chi connectivity index (χ2n) is 6.03. The highest BCUT2D eigenvalue weighted by molar-refractivity contribution is 7.14. The van der Waals surface area contributed by atoms with Crippen LogP contribution in [0.15, 0.2) is 52.9 Å². The maximum Gasteiger partial charge on any atom is 0.203 e. The van der Waals surface area contributed by atoms with E-state index in [9.17, 15) is 0 Å². The molecule has 27 heavy (non-hydrogen) atoms. The molecule has 0 bridgehead atoms. The Hall–Kier alpha value is -2.86. The monoisotopic (exact) mass is 381 g/mol. The van der Waals surface area contributed by atoms with Crippen LogP contribution in [0.4, 0.5) is 5.13 Å². The van der Waals surface area contributed by atoms with E-state index in [1.165, 1.54) is 16.9 Å². The van der Waals surface area contributed by atoms with Crippen LogP contribution in [0.2, 0.25) is 0 Å². The molecule has 0 fully saturated rings.